The molecule has 0 N–H and O–H groups in total. The Labute approximate surface area is 94.2 Å². The highest BCUT2D eigenvalue weighted by molar-refractivity contribution is 7.99. The van der Waals surface area contributed by atoms with E-state index in [9.17, 15) is 0 Å². The minimum Gasteiger partial charge on any atom is -0.312 e. The Balaban J connectivity index is 2.02. The van der Waals surface area contributed by atoms with Gasteiger partial charge in [-0.1, -0.05) is 24.6 Å². The molecular weight excluding hydrogens is 218 g/mol. The average molecular weight is 234 g/mol. The van der Waals surface area contributed by atoms with E-state index in [1.165, 1.54) is 19.3 Å². The lowest BCUT2D eigenvalue weighted by Gasteiger charge is -2.00. The standard InChI is InChI=1S/C9H16ClN3S/c1-13-8-11-12-9(13)14-7-5-3-2-4-6-10/h8H,2-7H2,1H3. The van der Waals surface area contributed by atoms with Gasteiger partial charge in [0.2, 0.25) is 0 Å². The van der Waals surface area contributed by atoms with E-state index in [2.05, 4.69) is 10.2 Å². The summed E-state index contributed by atoms with van der Waals surface area (Å²) in [7, 11) is 1.97. The third-order valence-corrected chi connectivity index (χ3v) is 3.32. The van der Waals surface area contributed by atoms with Crippen LogP contribution in [0, 0.1) is 0 Å². The maximum Gasteiger partial charge on any atom is 0.190 e. The minimum absolute atomic E-state index is 0.788. The molecule has 0 aliphatic heterocycles. The molecule has 0 bridgehead atoms. The van der Waals surface area contributed by atoms with Crippen LogP contribution in [0.3, 0.4) is 0 Å². The Morgan fingerprint density at radius 2 is 2.14 bits per heavy atom. The Bertz CT molecular complexity index is 252. The smallest absolute Gasteiger partial charge is 0.190 e. The molecule has 0 radical (unpaired) electrons. The highest BCUT2D eigenvalue weighted by atomic mass is 35.5. The molecule has 14 heavy (non-hydrogen) atoms. The molecule has 1 heterocycles. The molecule has 80 valence electrons. The summed E-state index contributed by atoms with van der Waals surface area (Å²) in [5.74, 6) is 1.91. The van der Waals surface area contributed by atoms with Crippen LogP contribution in [0.5, 0.6) is 0 Å². The van der Waals surface area contributed by atoms with Crippen LogP contribution in [0.2, 0.25) is 0 Å². The van der Waals surface area contributed by atoms with Gasteiger partial charge in [-0.2, -0.15) is 0 Å². The van der Waals surface area contributed by atoms with E-state index in [1.54, 1.807) is 18.1 Å². The molecular formula is C9H16ClN3S. The number of hydrogen-bond acceptors (Lipinski definition) is 3. The van der Waals surface area contributed by atoms with Crippen LogP contribution in [0.4, 0.5) is 0 Å². The second kappa shape index (κ2) is 7.12. The number of alkyl halides is 1. The molecule has 1 aromatic heterocycles. The van der Waals surface area contributed by atoms with Crippen molar-refractivity contribution in [3.05, 3.63) is 6.33 Å². The molecule has 5 heteroatoms. The molecule has 1 aromatic rings. The zero-order chi connectivity index (χ0) is 10.2. The quantitative estimate of drug-likeness (QED) is 0.412. The molecule has 0 atom stereocenters. The molecule has 0 fully saturated rings. The van der Waals surface area contributed by atoms with Crippen molar-refractivity contribution in [2.75, 3.05) is 11.6 Å². The van der Waals surface area contributed by atoms with E-state index < -0.39 is 0 Å². The highest BCUT2D eigenvalue weighted by Crippen LogP contribution is 2.15. The fraction of sp³-hybridized carbons (Fsp3) is 0.778. The lowest BCUT2D eigenvalue weighted by atomic mass is 10.2. The topological polar surface area (TPSA) is 30.7 Å². The van der Waals surface area contributed by atoms with Crippen molar-refractivity contribution in [3.63, 3.8) is 0 Å². The number of thioether (sulfide) groups is 1. The normalized spacial score (nSPS) is 10.7. The summed E-state index contributed by atoms with van der Waals surface area (Å²) < 4.78 is 1.95. The maximum absolute atomic E-state index is 5.59. The van der Waals surface area contributed by atoms with Gasteiger partial charge in [-0.05, 0) is 12.8 Å². The van der Waals surface area contributed by atoms with Crippen LogP contribution >= 0.6 is 23.4 Å². The van der Waals surface area contributed by atoms with Crippen molar-refractivity contribution in [3.8, 4) is 0 Å². The third kappa shape index (κ3) is 4.33. The van der Waals surface area contributed by atoms with Crippen molar-refractivity contribution < 1.29 is 0 Å². The first-order valence-electron chi connectivity index (χ1n) is 4.87. The Kier molecular flexibility index (Phi) is 6.03. The third-order valence-electron chi connectivity index (χ3n) is 1.93. The second-order valence-corrected chi connectivity index (χ2v) is 4.62. The number of unbranched alkanes of at least 4 members (excludes halogenated alkanes) is 3. The van der Waals surface area contributed by atoms with Crippen molar-refractivity contribution in [1.82, 2.24) is 14.8 Å². The van der Waals surface area contributed by atoms with E-state index in [-0.39, 0.29) is 0 Å². The largest absolute Gasteiger partial charge is 0.312 e. The van der Waals surface area contributed by atoms with Gasteiger partial charge in [0, 0.05) is 18.7 Å². The molecule has 0 spiro atoms. The maximum atomic E-state index is 5.59. The van der Waals surface area contributed by atoms with E-state index in [0.29, 0.717) is 0 Å². The first-order valence-corrected chi connectivity index (χ1v) is 6.39. The number of halogens is 1. The molecule has 0 saturated carbocycles. The molecule has 0 saturated heterocycles. The van der Waals surface area contributed by atoms with Gasteiger partial charge >= 0.3 is 0 Å². The molecule has 1 rings (SSSR count). The van der Waals surface area contributed by atoms with Crippen molar-refractivity contribution >= 4 is 23.4 Å². The Morgan fingerprint density at radius 1 is 1.36 bits per heavy atom. The molecule has 3 nitrogen and oxygen atoms in total. The fourth-order valence-corrected chi connectivity index (χ4v) is 2.19. The summed E-state index contributed by atoms with van der Waals surface area (Å²) >= 11 is 7.36. The fourth-order valence-electron chi connectivity index (χ4n) is 1.12. The van der Waals surface area contributed by atoms with Gasteiger partial charge in [-0.15, -0.1) is 21.8 Å². The monoisotopic (exact) mass is 233 g/mol. The summed E-state index contributed by atoms with van der Waals surface area (Å²) in [6, 6.07) is 0. The predicted octanol–water partition coefficient (Wildman–Crippen LogP) is 2.71. The van der Waals surface area contributed by atoms with Crippen LogP contribution in [0.25, 0.3) is 0 Å². The van der Waals surface area contributed by atoms with Crippen molar-refractivity contribution in [2.45, 2.75) is 30.8 Å². The van der Waals surface area contributed by atoms with Crippen LogP contribution in [-0.2, 0) is 7.05 Å². The number of rotatable bonds is 7. The first kappa shape index (κ1) is 11.9. The average Bonchev–Trinajstić information content (AvgIpc) is 2.58. The first-order chi connectivity index (χ1) is 6.84. The van der Waals surface area contributed by atoms with Crippen molar-refractivity contribution in [2.24, 2.45) is 7.05 Å². The van der Waals surface area contributed by atoms with Gasteiger partial charge in [0.25, 0.3) is 0 Å². The zero-order valence-corrected chi connectivity index (χ0v) is 10.0. The van der Waals surface area contributed by atoms with Gasteiger partial charge in [0.15, 0.2) is 5.16 Å². The Hall–Kier alpha value is -0.220. The summed E-state index contributed by atoms with van der Waals surface area (Å²) in [6.45, 7) is 0. The lowest BCUT2D eigenvalue weighted by molar-refractivity contribution is 0.707. The van der Waals surface area contributed by atoms with E-state index in [4.69, 9.17) is 11.6 Å². The number of aromatic nitrogens is 3. The van der Waals surface area contributed by atoms with Gasteiger partial charge in [0.1, 0.15) is 6.33 Å². The number of hydrogen-bond donors (Lipinski definition) is 0. The zero-order valence-electron chi connectivity index (χ0n) is 8.45. The summed E-state index contributed by atoms with van der Waals surface area (Å²) in [5.41, 5.74) is 0. The van der Waals surface area contributed by atoms with Gasteiger partial charge in [0.05, 0.1) is 0 Å². The number of nitrogens with zero attached hydrogens (tertiary/aromatic N) is 3. The van der Waals surface area contributed by atoms with Crippen LogP contribution < -0.4 is 0 Å². The van der Waals surface area contributed by atoms with E-state index in [0.717, 1.165) is 23.2 Å². The minimum atomic E-state index is 0.788. The van der Waals surface area contributed by atoms with Gasteiger partial charge in [-0.25, -0.2) is 0 Å². The molecule has 0 aliphatic rings. The van der Waals surface area contributed by atoms with E-state index >= 15 is 0 Å². The SMILES string of the molecule is Cn1cnnc1SCCCCCCCl. The number of aryl methyl sites for hydroxylation is 1. The molecule has 0 aliphatic carbocycles. The van der Waals surface area contributed by atoms with Crippen LogP contribution in [0.15, 0.2) is 11.5 Å². The van der Waals surface area contributed by atoms with Crippen LogP contribution in [0.1, 0.15) is 25.7 Å². The lowest BCUT2D eigenvalue weighted by Crippen LogP contribution is -1.90. The van der Waals surface area contributed by atoms with Gasteiger partial charge in [-0.3, -0.25) is 0 Å². The highest BCUT2D eigenvalue weighted by Gasteiger charge is 1.99. The van der Waals surface area contributed by atoms with Crippen LogP contribution in [-0.4, -0.2) is 26.4 Å². The molecule has 0 aromatic carbocycles. The summed E-state index contributed by atoms with van der Waals surface area (Å²) in [6.07, 6.45) is 6.60. The Morgan fingerprint density at radius 3 is 2.79 bits per heavy atom. The van der Waals surface area contributed by atoms with Gasteiger partial charge < -0.3 is 4.57 Å². The summed E-state index contributed by atoms with van der Waals surface area (Å²) in [5, 5.41) is 8.83. The van der Waals surface area contributed by atoms with Crippen molar-refractivity contribution in [1.29, 1.82) is 0 Å². The van der Waals surface area contributed by atoms with E-state index in [1.807, 2.05) is 11.6 Å². The molecule has 0 unspecified atom stereocenters. The predicted molar refractivity (Wildman–Crippen MR) is 60.9 cm³/mol. The second-order valence-electron chi connectivity index (χ2n) is 3.18. The summed E-state index contributed by atoms with van der Waals surface area (Å²) in [4.78, 5) is 0. The molecule has 0 amide bonds.